The Morgan fingerprint density at radius 1 is 1.04 bits per heavy atom. The van der Waals surface area contributed by atoms with Crippen molar-refractivity contribution < 1.29 is 14.3 Å². The van der Waals surface area contributed by atoms with Crippen LogP contribution in [0.4, 0.5) is 4.79 Å². The number of para-hydroxylation sites is 1. The molecule has 2 saturated heterocycles. The SMILES string of the molecule is CN1CCN(C(=O)NC2CCCCN(C(=O)COc3ccccc3)C2)CC1. The molecule has 1 unspecified atom stereocenters. The van der Waals surface area contributed by atoms with Crippen molar-refractivity contribution in [3.63, 3.8) is 0 Å². The van der Waals surface area contributed by atoms with Gasteiger partial charge < -0.3 is 24.8 Å². The van der Waals surface area contributed by atoms with E-state index in [1.807, 2.05) is 40.1 Å². The molecule has 1 atom stereocenters. The number of likely N-dealkylation sites (N-methyl/N-ethyl adjacent to an activating group) is 1. The standard InChI is InChI=1S/C20H30N4O3/c1-22-11-13-23(14-12-22)20(26)21-17-7-5-6-10-24(15-17)19(25)16-27-18-8-3-2-4-9-18/h2-4,8-9,17H,5-7,10-16H2,1H3,(H,21,26). The fourth-order valence-corrected chi connectivity index (χ4v) is 3.51. The Kier molecular flexibility index (Phi) is 6.92. The summed E-state index contributed by atoms with van der Waals surface area (Å²) in [5.74, 6) is 0.667. The van der Waals surface area contributed by atoms with Crippen molar-refractivity contribution >= 4 is 11.9 Å². The highest BCUT2D eigenvalue weighted by Crippen LogP contribution is 2.13. The van der Waals surface area contributed by atoms with Crippen LogP contribution in [0.3, 0.4) is 0 Å². The van der Waals surface area contributed by atoms with E-state index in [2.05, 4.69) is 17.3 Å². The summed E-state index contributed by atoms with van der Waals surface area (Å²) in [5.41, 5.74) is 0. The lowest BCUT2D eigenvalue weighted by Gasteiger charge is -2.34. The molecule has 0 saturated carbocycles. The van der Waals surface area contributed by atoms with Crippen LogP contribution in [0.25, 0.3) is 0 Å². The maximum Gasteiger partial charge on any atom is 0.317 e. The molecule has 2 heterocycles. The van der Waals surface area contributed by atoms with Gasteiger partial charge in [0.2, 0.25) is 0 Å². The molecule has 7 heteroatoms. The summed E-state index contributed by atoms with van der Waals surface area (Å²) in [6.07, 6.45) is 2.87. The minimum atomic E-state index is -0.0281. The van der Waals surface area contributed by atoms with Crippen LogP contribution in [-0.4, -0.2) is 85.6 Å². The van der Waals surface area contributed by atoms with Crippen molar-refractivity contribution in [2.24, 2.45) is 0 Å². The molecule has 0 radical (unpaired) electrons. The molecule has 0 spiro atoms. The van der Waals surface area contributed by atoms with Crippen molar-refractivity contribution in [1.29, 1.82) is 0 Å². The number of ether oxygens (including phenoxy) is 1. The Bertz CT molecular complexity index is 617. The lowest BCUT2D eigenvalue weighted by atomic mass is 10.1. The summed E-state index contributed by atoms with van der Waals surface area (Å²) in [7, 11) is 2.07. The molecule has 1 aromatic rings. The Labute approximate surface area is 161 Å². The number of amides is 3. The third-order valence-corrected chi connectivity index (χ3v) is 5.25. The fourth-order valence-electron chi connectivity index (χ4n) is 3.51. The largest absolute Gasteiger partial charge is 0.484 e. The number of carbonyl (C=O) groups is 2. The van der Waals surface area contributed by atoms with E-state index in [0.717, 1.165) is 52.0 Å². The number of urea groups is 1. The van der Waals surface area contributed by atoms with Crippen LogP contribution in [0, 0.1) is 0 Å². The number of benzene rings is 1. The van der Waals surface area contributed by atoms with Crippen molar-refractivity contribution in [2.45, 2.75) is 25.3 Å². The molecule has 3 rings (SSSR count). The lowest BCUT2D eigenvalue weighted by Crippen LogP contribution is -2.54. The average molecular weight is 374 g/mol. The van der Waals surface area contributed by atoms with E-state index in [0.29, 0.717) is 12.3 Å². The van der Waals surface area contributed by atoms with Crippen LogP contribution in [0.1, 0.15) is 19.3 Å². The van der Waals surface area contributed by atoms with E-state index in [4.69, 9.17) is 4.74 Å². The molecule has 2 aliphatic heterocycles. The van der Waals surface area contributed by atoms with E-state index in [1.54, 1.807) is 0 Å². The quantitative estimate of drug-likeness (QED) is 0.865. The second-order valence-corrected chi connectivity index (χ2v) is 7.37. The number of rotatable bonds is 4. The van der Waals surface area contributed by atoms with Crippen molar-refractivity contribution in [1.82, 2.24) is 20.0 Å². The minimum absolute atomic E-state index is 0.000307. The number of likely N-dealkylation sites (tertiary alicyclic amines) is 1. The number of nitrogens with one attached hydrogen (secondary N) is 1. The molecule has 0 bridgehead atoms. The first-order valence-corrected chi connectivity index (χ1v) is 9.81. The van der Waals surface area contributed by atoms with Gasteiger partial charge in [-0.25, -0.2) is 4.79 Å². The smallest absolute Gasteiger partial charge is 0.317 e. The monoisotopic (exact) mass is 374 g/mol. The first kappa shape index (κ1) is 19.5. The van der Waals surface area contributed by atoms with Gasteiger partial charge in [-0.2, -0.15) is 0 Å². The molecular weight excluding hydrogens is 344 g/mol. The van der Waals surface area contributed by atoms with E-state index in [1.165, 1.54) is 0 Å². The van der Waals surface area contributed by atoms with Crippen molar-refractivity contribution in [2.75, 3.05) is 52.9 Å². The van der Waals surface area contributed by atoms with E-state index in [9.17, 15) is 9.59 Å². The number of hydrogen-bond acceptors (Lipinski definition) is 4. The zero-order valence-electron chi connectivity index (χ0n) is 16.1. The second-order valence-electron chi connectivity index (χ2n) is 7.37. The molecule has 7 nitrogen and oxygen atoms in total. The Morgan fingerprint density at radius 2 is 1.78 bits per heavy atom. The van der Waals surface area contributed by atoms with Crippen LogP contribution in [0.5, 0.6) is 5.75 Å². The number of carbonyl (C=O) groups excluding carboxylic acids is 2. The van der Waals surface area contributed by atoms with Gasteiger partial charge in [-0.1, -0.05) is 18.2 Å². The fraction of sp³-hybridized carbons (Fsp3) is 0.600. The normalized spacial score (nSPS) is 21.4. The summed E-state index contributed by atoms with van der Waals surface area (Å²) < 4.78 is 5.59. The molecule has 0 aliphatic carbocycles. The molecule has 3 amide bonds. The van der Waals surface area contributed by atoms with Crippen molar-refractivity contribution in [3.8, 4) is 5.75 Å². The Morgan fingerprint density at radius 3 is 2.52 bits per heavy atom. The zero-order chi connectivity index (χ0) is 19.1. The first-order valence-electron chi connectivity index (χ1n) is 9.81. The van der Waals surface area contributed by atoms with Gasteiger partial charge in [0.1, 0.15) is 5.75 Å². The van der Waals surface area contributed by atoms with Gasteiger partial charge in [-0.3, -0.25) is 4.79 Å². The van der Waals surface area contributed by atoms with Crippen molar-refractivity contribution in [3.05, 3.63) is 30.3 Å². The lowest BCUT2D eigenvalue weighted by molar-refractivity contribution is -0.133. The zero-order valence-corrected chi connectivity index (χ0v) is 16.1. The molecule has 1 N–H and O–H groups in total. The summed E-state index contributed by atoms with van der Waals surface area (Å²) in [6.45, 7) is 4.61. The molecule has 2 aliphatic rings. The van der Waals surface area contributed by atoms with Gasteiger partial charge in [-0.05, 0) is 38.4 Å². The molecule has 27 heavy (non-hydrogen) atoms. The third kappa shape index (κ3) is 5.85. The van der Waals surface area contributed by atoms with Crippen LogP contribution in [0.2, 0.25) is 0 Å². The maximum absolute atomic E-state index is 12.6. The number of nitrogens with zero attached hydrogens (tertiary/aromatic N) is 3. The highest BCUT2D eigenvalue weighted by molar-refractivity contribution is 5.78. The molecule has 148 valence electrons. The van der Waals surface area contributed by atoms with Crippen LogP contribution >= 0.6 is 0 Å². The van der Waals surface area contributed by atoms with E-state index in [-0.39, 0.29) is 24.6 Å². The Balaban J connectivity index is 1.49. The Hall–Kier alpha value is -2.28. The molecule has 0 aromatic heterocycles. The summed E-state index contributed by atoms with van der Waals surface area (Å²) in [6, 6.07) is 9.36. The molecule has 2 fully saturated rings. The van der Waals surface area contributed by atoms with Gasteiger partial charge in [0, 0.05) is 45.3 Å². The average Bonchev–Trinajstić information content (AvgIpc) is 2.93. The maximum atomic E-state index is 12.6. The predicted octanol–water partition coefficient (Wildman–Crippen LogP) is 1.40. The highest BCUT2D eigenvalue weighted by Gasteiger charge is 2.26. The highest BCUT2D eigenvalue weighted by atomic mass is 16.5. The van der Waals surface area contributed by atoms with Gasteiger partial charge in [0.15, 0.2) is 6.61 Å². The predicted molar refractivity (Wildman–Crippen MR) is 104 cm³/mol. The minimum Gasteiger partial charge on any atom is -0.484 e. The summed E-state index contributed by atoms with van der Waals surface area (Å²) in [4.78, 5) is 31.0. The van der Waals surface area contributed by atoms with E-state index < -0.39 is 0 Å². The van der Waals surface area contributed by atoms with Gasteiger partial charge in [0.05, 0.1) is 0 Å². The van der Waals surface area contributed by atoms with E-state index >= 15 is 0 Å². The number of hydrogen-bond donors (Lipinski definition) is 1. The molecular formula is C20H30N4O3. The van der Waals surface area contributed by atoms with Crippen LogP contribution < -0.4 is 10.1 Å². The summed E-state index contributed by atoms with van der Waals surface area (Å²) >= 11 is 0. The third-order valence-electron chi connectivity index (χ3n) is 5.25. The summed E-state index contributed by atoms with van der Waals surface area (Å²) in [5, 5.41) is 3.14. The topological polar surface area (TPSA) is 65.1 Å². The van der Waals surface area contributed by atoms with Crippen LogP contribution in [-0.2, 0) is 4.79 Å². The van der Waals surface area contributed by atoms with Crippen LogP contribution in [0.15, 0.2) is 30.3 Å². The molecule has 1 aromatic carbocycles. The second kappa shape index (κ2) is 9.60. The number of piperazine rings is 1. The first-order chi connectivity index (χ1) is 13.1. The van der Waals surface area contributed by atoms with Gasteiger partial charge in [-0.15, -0.1) is 0 Å². The van der Waals surface area contributed by atoms with Gasteiger partial charge >= 0.3 is 6.03 Å². The van der Waals surface area contributed by atoms with Gasteiger partial charge in [0.25, 0.3) is 5.91 Å².